The van der Waals surface area contributed by atoms with E-state index in [9.17, 15) is 0 Å². The van der Waals surface area contributed by atoms with E-state index in [0.29, 0.717) is 0 Å². The maximum absolute atomic E-state index is 6.73. The summed E-state index contributed by atoms with van der Waals surface area (Å²) >= 11 is 0. The van der Waals surface area contributed by atoms with E-state index in [1.807, 2.05) is 36.5 Å². The topological polar surface area (TPSA) is 30.8 Å². The molecule has 0 fully saturated rings. The van der Waals surface area contributed by atoms with Crippen molar-refractivity contribution in [1.82, 2.24) is 0 Å². The molecule has 7 rings (SSSR count). The molecule has 1 aliphatic rings. The Morgan fingerprint density at radius 3 is 1.77 bits per heavy atom. The SMILES string of the molecule is C[C@H](N=Cc1ccccc1B1Oc2ccc3ccccc3c2-c2c(ccc3ccccc23)O1)c1ccccc1. The van der Waals surface area contributed by atoms with E-state index in [0.717, 1.165) is 44.4 Å². The lowest BCUT2D eigenvalue weighted by Crippen LogP contribution is -2.44. The molecule has 4 heteroatoms. The molecular formula is C35H26BNO2. The first kappa shape index (κ1) is 23.3. The van der Waals surface area contributed by atoms with Crippen LogP contribution in [0.1, 0.15) is 24.1 Å². The third-order valence-electron chi connectivity index (χ3n) is 7.47. The number of nitrogens with zero attached hydrogens (tertiary/aromatic N) is 1. The minimum Gasteiger partial charge on any atom is -0.521 e. The molecule has 6 aromatic carbocycles. The van der Waals surface area contributed by atoms with Gasteiger partial charge in [0.15, 0.2) is 0 Å². The normalized spacial score (nSPS) is 13.4. The Morgan fingerprint density at radius 1 is 0.590 bits per heavy atom. The van der Waals surface area contributed by atoms with Gasteiger partial charge in [0.05, 0.1) is 6.04 Å². The van der Waals surface area contributed by atoms with Crippen LogP contribution in [-0.4, -0.2) is 13.3 Å². The lowest BCUT2D eigenvalue weighted by molar-refractivity contribution is 0.448. The van der Waals surface area contributed by atoms with Crippen LogP contribution in [0.5, 0.6) is 11.5 Å². The fourth-order valence-electron chi connectivity index (χ4n) is 5.45. The van der Waals surface area contributed by atoms with Crippen molar-refractivity contribution in [3.8, 4) is 22.6 Å². The maximum atomic E-state index is 6.73. The zero-order chi connectivity index (χ0) is 26.2. The average Bonchev–Trinajstić information content (AvgIpc) is 3.18. The molecule has 0 amide bonds. The molecule has 1 aliphatic heterocycles. The summed E-state index contributed by atoms with van der Waals surface area (Å²) in [6, 6.07) is 43.8. The van der Waals surface area contributed by atoms with E-state index >= 15 is 0 Å². The van der Waals surface area contributed by atoms with Gasteiger partial charge in [0.1, 0.15) is 11.5 Å². The van der Waals surface area contributed by atoms with Crippen LogP contribution in [0.2, 0.25) is 0 Å². The van der Waals surface area contributed by atoms with Crippen molar-refractivity contribution < 1.29 is 9.31 Å². The highest BCUT2D eigenvalue weighted by atomic mass is 16.6. The minimum absolute atomic E-state index is 0.0365. The minimum atomic E-state index is -0.637. The van der Waals surface area contributed by atoms with Crippen LogP contribution in [0.15, 0.2) is 132 Å². The molecular weight excluding hydrogens is 477 g/mol. The maximum Gasteiger partial charge on any atom is 0.633 e. The zero-order valence-electron chi connectivity index (χ0n) is 21.6. The van der Waals surface area contributed by atoms with Gasteiger partial charge in [-0.2, -0.15) is 0 Å². The van der Waals surface area contributed by atoms with Gasteiger partial charge < -0.3 is 9.31 Å². The molecule has 0 bridgehead atoms. The summed E-state index contributed by atoms with van der Waals surface area (Å²) in [5.41, 5.74) is 5.20. The first-order valence-corrected chi connectivity index (χ1v) is 13.3. The number of hydrogen-bond donors (Lipinski definition) is 0. The average molecular weight is 503 g/mol. The monoisotopic (exact) mass is 503 g/mol. The highest BCUT2D eigenvalue weighted by molar-refractivity contribution is 6.64. The summed E-state index contributed by atoms with van der Waals surface area (Å²) in [5, 5.41) is 4.62. The van der Waals surface area contributed by atoms with Crippen LogP contribution < -0.4 is 14.8 Å². The summed E-state index contributed by atoms with van der Waals surface area (Å²) in [4.78, 5) is 4.88. The lowest BCUT2D eigenvalue weighted by Gasteiger charge is -2.17. The van der Waals surface area contributed by atoms with Crippen LogP contribution in [0.3, 0.4) is 0 Å². The Balaban J connectivity index is 1.38. The molecule has 1 atom stereocenters. The number of fused-ring (bicyclic) bond motifs is 7. The van der Waals surface area contributed by atoms with Gasteiger partial charge in [0.2, 0.25) is 0 Å². The predicted molar refractivity (Wildman–Crippen MR) is 162 cm³/mol. The molecule has 0 aromatic heterocycles. The quantitative estimate of drug-likeness (QED) is 0.180. The predicted octanol–water partition coefficient (Wildman–Crippen LogP) is 8.01. The molecule has 186 valence electrons. The summed E-state index contributed by atoms with van der Waals surface area (Å²) in [6.07, 6.45) is 1.94. The smallest absolute Gasteiger partial charge is 0.521 e. The van der Waals surface area contributed by atoms with Crippen LogP contribution in [0.25, 0.3) is 32.7 Å². The van der Waals surface area contributed by atoms with E-state index in [2.05, 4.69) is 104 Å². The Labute approximate surface area is 228 Å². The second-order valence-electron chi connectivity index (χ2n) is 9.88. The number of rotatable bonds is 4. The molecule has 0 N–H and O–H groups in total. The largest absolute Gasteiger partial charge is 0.633 e. The fourth-order valence-corrected chi connectivity index (χ4v) is 5.45. The molecule has 0 saturated carbocycles. The van der Waals surface area contributed by atoms with Gasteiger partial charge in [-0.05, 0) is 51.7 Å². The first-order chi connectivity index (χ1) is 19.3. The fraction of sp³-hybridized carbons (Fsp3) is 0.0571. The van der Waals surface area contributed by atoms with Crippen molar-refractivity contribution in [2.45, 2.75) is 13.0 Å². The first-order valence-electron chi connectivity index (χ1n) is 13.3. The van der Waals surface area contributed by atoms with E-state index in [1.165, 1.54) is 16.3 Å². The number of aliphatic imine (C=N–C) groups is 1. The van der Waals surface area contributed by atoms with Crippen molar-refractivity contribution in [2.24, 2.45) is 4.99 Å². The Bertz CT molecular complexity index is 1760. The van der Waals surface area contributed by atoms with Crippen LogP contribution in [0.4, 0.5) is 0 Å². The molecule has 39 heavy (non-hydrogen) atoms. The van der Waals surface area contributed by atoms with E-state index in [1.54, 1.807) is 0 Å². The van der Waals surface area contributed by atoms with Crippen LogP contribution in [-0.2, 0) is 0 Å². The second kappa shape index (κ2) is 9.81. The zero-order valence-corrected chi connectivity index (χ0v) is 21.6. The molecule has 0 saturated heterocycles. The van der Waals surface area contributed by atoms with Crippen LogP contribution in [0, 0.1) is 0 Å². The second-order valence-corrected chi connectivity index (χ2v) is 9.88. The Kier molecular flexibility index (Phi) is 5.86. The van der Waals surface area contributed by atoms with Gasteiger partial charge in [-0.3, -0.25) is 4.99 Å². The number of benzene rings is 6. The molecule has 1 heterocycles. The summed E-state index contributed by atoms with van der Waals surface area (Å²) in [7, 11) is -0.637. The highest BCUT2D eigenvalue weighted by Gasteiger charge is 2.34. The molecule has 0 spiro atoms. The third-order valence-corrected chi connectivity index (χ3v) is 7.47. The molecule has 0 aliphatic carbocycles. The molecule has 3 nitrogen and oxygen atoms in total. The van der Waals surface area contributed by atoms with Crippen LogP contribution >= 0.6 is 0 Å². The summed E-state index contributed by atoms with van der Waals surface area (Å²) in [5.74, 6) is 1.61. The van der Waals surface area contributed by atoms with Gasteiger partial charge in [0, 0.05) is 22.8 Å². The van der Waals surface area contributed by atoms with Crippen molar-refractivity contribution in [2.75, 3.05) is 0 Å². The van der Waals surface area contributed by atoms with Gasteiger partial charge in [0.25, 0.3) is 0 Å². The highest BCUT2D eigenvalue weighted by Crippen LogP contribution is 2.47. The van der Waals surface area contributed by atoms with E-state index in [4.69, 9.17) is 14.3 Å². The lowest BCUT2D eigenvalue weighted by atomic mass is 9.75. The Morgan fingerprint density at radius 2 is 1.13 bits per heavy atom. The van der Waals surface area contributed by atoms with Crippen molar-refractivity contribution >= 4 is 40.3 Å². The number of hydrogen-bond acceptors (Lipinski definition) is 3. The van der Waals surface area contributed by atoms with Crippen molar-refractivity contribution in [3.05, 3.63) is 139 Å². The summed E-state index contributed by atoms with van der Waals surface area (Å²) < 4.78 is 13.5. The Hall–Kier alpha value is -4.83. The van der Waals surface area contributed by atoms with Gasteiger partial charge in [-0.15, -0.1) is 0 Å². The van der Waals surface area contributed by atoms with E-state index < -0.39 is 7.12 Å². The summed E-state index contributed by atoms with van der Waals surface area (Å²) in [6.45, 7) is 2.11. The van der Waals surface area contributed by atoms with Gasteiger partial charge in [-0.1, -0.05) is 115 Å². The standard InChI is InChI=1S/C35H26BNO2/c1-24(25-11-3-2-4-12-25)37-23-28-15-7-10-18-31(28)36-38-32-21-19-26-13-5-8-16-29(26)34(32)35-30-17-9-6-14-27(30)20-22-33(35)39-36/h2-24H,1H3/t24-/m0/s1. The molecule has 0 unspecified atom stereocenters. The van der Waals surface area contributed by atoms with Gasteiger partial charge >= 0.3 is 7.12 Å². The van der Waals surface area contributed by atoms with Crippen molar-refractivity contribution in [1.29, 1.82) is 0 Å². The van der Waals surface area contributed by atoms with Crippen molar-refractivity contribution in [3.63, 3.8) is 0 Å². The molecule has 6 aromatic rings. The molecule has 0 radical (unpaired) electrons. The van der Waals surface area contributed by atoms with E-state index in [-0.39, 0.29) is 6.04 Å². The third kappa shape index (κ3) is 4.24. The van der Waals surface area contributed by atoms with Gasteiger partial charge in [-0.25, -0.2) is 0 Å².